The van der Waals surface area contributed by atoms with E-state index in [-0.39, 0.29) is 11.3 Å². The smallest absolute Gasteiger partial charge is 0.254 e. The maximum Gasteiger partial charge on any atom is 0.254 e. The number of carbonyl (C=O) groups is 1. The molecule has 1 heterocycles. The fourth-order valence-electron chi connectivity index (χ4n) is 2.46. The molecule has 1 aromatic carbocycles. The third-order valence-electron chi connectivity index (χ3n) is 3.89. The largest absolute Gasteiger partial charge is 0.352 e. The standard InChI is InChI=1S/C16H16N2OS/c19-14(13-7-4-10-17-15(13)20)18-11-16(8-9-16)12-5-2-1-3-6-12/h1-7,10H,8-9,11H2,(H,17,20)(H,18,19). The van der Waals surface area contributed by atoms with Crippen LogP contribution >= 0.6 is 12.2 Å². The summed E-state index contributed by atoms with van der Waals surface area (Å²) >= 11 is 5.13. The van der Waals surface area contributed by atoms with E-state index >= 15 is 0 Å². The van der Waals surface area contributed by atoms with Crippen molar-refractivity contribution in [2.24, 2.45) is 0 Å². The Morgan fingerprint density at radius 1 is 1.20 bits per heavy atom. The highest BCUT2D eigenvalue weighted by Crippen LogP contribution is 2.47. The third kappa shape index (κ3) is 2.51. The van der Waals surface area contributed by atoms with Crippen LogP contribution in [-0.2, 0) is 5.41 Å². The zero-order chi connectivity index (χ0) is 14.0. The first-order chi connectivity index (χ1) is 9.71. The van der Waals surface area contributed by atoms with Crippen LogP contribution in [0.3, 0.4) is 0 Å². The molecule has 2 N–H and O–H groups in total. The van der Waals surface area contributed by atoms with E-state index in [0.29, 0.717) is 16.7 Å². The number of hydrogen-bond acceptors (Lipinski definition) is 2. The first-order valence-electron chi connectivity index (χ1n) is 6.73. The number of hydrogen-bond donors (Lipinski definition) is 2. The monoisotopic (exact) mass is 284 g/mol. The molecule has 2 aromatic rings. The maximum atomic E-state index is 12.2. The molecule has 0 spiro atoms. The molecule has 1 aliphatic rings. The second-order valence-electron chi connectivity index (χ2n) is 5.24. The molecule has 1 aromatic heterocycles. The topological polar surface area (TPSA) is 44.9 Å². The Labute approximate surface area is 123 Å². The Bertz CT molecular complexity index is 674. The molecule has 20 heavy (non-hydrogen) atoms. The number of nitrogens with one attached hydrogen (secondary N) is 2. The molecule has 0 saturated heterocycles. The van der Waals surface area contributed by atoms with Crippen molar-refractivity contribution in [3.05, 3.63) is 64.4 Å². The van der Waals surface area contributed by atoms with Crippen LogP contribution in [0.1, 0.15) is 28.8 Å². The van der Waals surface area contributed by atoms with Crippen molar-refractivity contribution in [2.75, 3.05) is 6.54 Å². The number of amides is 1. The van der Waals surface area contributed by atoms with Gasteiger partial charge < -0.3 is 10.3 Å². The van der Waals surface area contributed by atoms with Crippen molar-refractivity contribution in [2.45, 2.75) is 18.3 Å². The van der Waals surface area contributed by atoms with E-state index in [4.69, 9.17) is 12.2 Å². The summed E-state index contributed by atoms with van der Waals surface area (Å²) in [7, 11) is 0. The van der Waals surface area contributed by atoms with Crippen molar-refractivity contribution in [1.82, 2.24) is 10.3 Å². The Morgan fingerprint density at radius 2 is 1.95 bits per heavy atom. The van der Waals surface area contributed by atoms with E-state index in [1.807, 2.05) is 18.2 Å². The normalized spacial score (nSPS) is 15.6. The third-order valence-corrected chi connectivity index (χ3v) is 4.23. The molecule has 0 unspecified atom stereocenters. The lowest BCUT2D eigenvalue weighted by atomic mass is 9.96. The molecule has 0 bridgehead atoms. The zero-order valence-electron chi connectivity index (χ0n) is 11.1. The predicted octanol–water partition coefficient (Wildman–Crippen LogP) is 3.21. The SMILES string of the molecule is O=C(NCC1(c2ccccc2)CC1)c1ccc[nH]c1=S. The molecule has 4 heteroatoms. The van der Waals surface area contributed by atoms with Gasteiger partial charge in [0.05, 0.1) is 5.56 Å². The number of benzene rings is 1. The van der Waals surface area contributed by atoms with E-state index in [2.05, 4.69) is 22.4 Å². The van der Waals surface area contributed by atoms with E-state index in [1.165, 1.54) is 5.56 Å². The fourth-order valence-corrected chi connectivity index (χ4v) is 2.68. The van der Waals surface area contributed by atoms with Crippen LogP contribution in [0.5, 0.6) is 0 Å². The second kappa shape index (κ2) is 5.21. The highest BCUT2D eigenvalue weighted by atomic mass is 32.1. The summed E-state index contributed by atoms with van der Waals surface area (Å²) in [5.41, 5.74) is 1.96. The van der Waals surface area contributed by atoms with Crippen LogP contribution in [0.25, 0.3) is 0 Å². The Morgan fingerprint density at radius 3 is 2.60 bits per heavy atom. The number of carbonyl (C=O) groups excluding carboxylic acids is 1. The van der Waals surface area contributed by atoms with Crippen LogP contribution in [0.4, 0.5) is 0 Å². The van der Waals surface area contributed by atoms with Gasteiger partial charge in [-0.15, -0.1) is 0 Å². The molecular weight excluding hydrogens is 268 g/mol. The van der Waals surface area contributed by atoms with E-state index in [9.17, 15) is 4.79 Å². The van der Waals surface area contributed by atoms with Gasteiger partial charge in [0.25, 0.3) is 5.91 Å². The summed E-state index contributed by atoms with van der Waals surface area (Å²) in [6, 6.07) is 13.9. The van der Waals surface area contributed by atoms with Gasteiger partial charge in [-0.3, -0.25) is 4.79 Å². The van der Waals surface area contributed by atoms with E-state index < -0.39 is 0 Å². The average molecular weight is 284 g/mol. The first kappa shape index (κ1) is 13.1. The summed E-state index contributed by atoms with van der Waals surface area (Å²) < 4.78 is 0.481. The van der Waals surface area contributed by atoms with Crippen LogP contribution in [0.2, 0.25) is 0 Å². The maximum absolute atomic E-state index is 12.2. The van der Waals surface area contributed by atoms with Gasteiger partial charge in [-0.1, -0.05) is 42.5 Å². The van der Waals surface area contributed by atoms with Gasteiger partial charge >= 0.3 is 0 Å². The number of aromatic nitrogens is 1. The molecule has 3 rings (SSSR count). The molecule has 1 fully saturated rings. The van der Waals surface area contributed by atoms with Crippen molar-refractivity contribution in [1.29, 1.82) is 0 Å². The summed E-state index contributed by atoms with van der Waals surface area (Å²) in [4.78, 5) is 15.1. The highest BCUT2D eigenvalue weighted by molar-refractivity contribution is 7.71. The summed E-state index contributed by atoms with van der Waals surface area (Å²) in [5.74, 6) is -0.103. The van der Waals surface area contributed by atoms with Crippen LogP contribution < -0.4 is 5.32 Å². The van der Waals surface area contributed by atoms with Gasteiger partial charge in [-0.2, -0.15) is 0 Å². The van der Waals surface area contributed by atoms with Crippen LogP contribution in [0.15, 0.2) is 48.7 Å². The minimum absolute atomic E-state index is 0.103. The van der Waals surface area contributed by atoms with Crippen molar-refractivity contribution < 1.29 is 4.79 Å². The number of rotatable bonds is 4. The molecule has 3 nitrogen and oxygen atoms in total. The summed E-state index contributed by atoms with van der Waals surface area (Å²) in [5, 5.41) is 3.02. The first-order valence-corrected chi connectivity index (χ1v) is 7.14. The lowest BCUT2D eigenvalue weighted by molar-refractivity contribution is 0.0949. The van der Waals surface area contributed by atoms with Gasteiger partial charge in [0.2, 0.25) is 0 Å². The van der Waals surface area contributed by atoms with Crippen molar-refractivity contribution >= 4 is 18.1 Å². The molecule has 1 aliphatic carbocycles. The molecule has 0 radical (unpaired) electrons. The summed E-state index contributed by atoms with van der Waals surface area (Å²) in [6.45, 7) is 0.666. The second-order valence-corrected chi connectivity index (χ2v) is 5.65. The molecule has 102 valence electrons. The average Bonchev–Trinajstić information content (AvgIpc) is 3.27. The highest BCUT2D eigenvalue weighted by Gasteiger charge is 2.44. The predicted molar refractivity (Wildman–Crippen MR) is 81.3 cm³/mol. The van der Waals surface area contributed by atoms with Crippen molar-refractivity contribution in [3.63, 3.8) is 0 Å². The summed E-state index contributed by atoms with van der Waals surface area (Å²) in [6.07, 6.45) is 3.98. The molecule has 1 amide bonds. The van der Waals surface area contributed by atoms with Gasteiger partial charge in [-0.25, -0.2) is 0 Å². The number of pyridine rings is 1. The Hall–Kier alpha value is -1.94. The minimum atomic E-state index is -0.103. The molecular formula is C16H16N2OS. The minimum Gasteiger partial charge on any atom is -0.352 e. The molecule has 0 aliphatic heterocycles. The molecule has 0 atom stereocenters. The molecule has 1 saturated carbocycles. The fraction of sp³-hybridized carbons (Fsp3) is 0.250. The van der Waals surface area contributed by atoms with Gasteiger partial charge in [-0.05, 0) is 30.5 Å². The van der Waals surface area contributed by atoms with E-state index in [1.54, 1.807) is 18.3 Å². The Balaban J connectivity index is 1.70. The van der Waals surface area contributed by atoms with Crippen molar-refractivity contribution in [3.8, 4) is 0 Å². The Kier molecular flexibility index (Phi) is 3.40. The number of H-pyrrole nitrogens is 1. The van der Waals surface area contributed by atoms with Gasteiger partial charge in [0.1, 0.15) is 4.64 Å². The lowest BCUT2D eigenvalue weighted by Crippen LogP contribution is -2.32. The van der Waals surface area contributed by atoms with Gasteiger partial charge in [0, 0.05) is 18.2 Å². The zero-order valence-corrected chi connectivity index (χ0v) is 11.9. The quantitative estimate of drug-likeness (QED) is 0.847. The van der Waals surface area contributed by atoms with E-state index in [0.717, 1.165) is 12.8 Å². The number of aromatic amines is 1. The van der Waals surface area contributed by atoms with Crippen LogP contribution in [-0.4, -0.2) is 17.4 Å². The van der Waals surface area contributed by atoms with Crippen LogP contribution in [0, 0.1) is 4.64 Å². The lowest BCUT2D eigenvalue weighted by Gasteiger charge is -2.16. The van der Waals surface area contributed by atoms with Gasteiger partial charge in [0.15, 0.2) is 0 Å².